The Labute approximate surface area is 112 Å². The van der Waals surface area contributed by atoms with Gasteiger partial charge in [-0.2, -0.15) is 0 Å². The molecule has 0 amide bonds. The van der Waals surface area contributed by atoms with Crippen LogP contribution in [0.4, 0.5) is 0 Å². The van der Waals surface area contributed by atoms with Gasteiger partial charge in [-0.15, -0.1) is 0 Å². The van der Waals surface area contributed by atoms with Crippen molar-refractivity contribution in [1.29, 1.82) is 0 Å². The molecule has 0 fully saturated rings. The lowest BCUT2D eigenvalue weighted by Gasteiger charge is -1.97. The molecule has 0 spiro atoms. The Balaban J connectivity index is 0.000000217. The Morgan fingerprint density at radius 1 is 1.10 bits per heavy atom. The van der Waals surface area contributed by atoms with Crippen LogP contribution in [0.25, 0.3) is 0 Å². The van der Waals surface area contributed by atoms with E-state index in [-0.39, 0.29) is 11.3 Å². The maximum atomic E-state index is 10.4. The van der Waals surface area contributed by atoms with E-state index < -0.39 is 23.6 Å². The molecule has 0 atom stereocenters. The lowest BCUT2D eigenvalue weighted by Crippen LogP contribution is -2.09. The van der Waals surface area contributed by atoms with Gasteiger partial charge in [0.25, 0.3) is 0 Å². The Bertz CT molecular complexity index is 532. The van der Waals surface area contributed by atoms with Crippen LogP contribution in [0.5, 0.6) is 0 Å². The van der Waals surface area contributed by atoms with Gasteiger partial charge >= 0.3 is 17.9 Å². The highest BCUT2D eigenvalue weighted by atomic mass is 16.5. The second kappa shape index (κ2) is 6.88. The third-order valence-corrected chi connectivity index (χ3v) is 2.16. The van der Waals surface area contributed by atoms with Crippen LogP contribution in [0.3, 0.4) is 0 Å². The van der Waals surface area contributed by atoms with Crippen molar-refractivity contribution in [3.8, 4) is 0 Å². The first kappa shape index (κ1) is 15.2. The third kappa shape index (κ3) is 4.09. The van der Waals surface area contributed by atoms with Crippen LogP contribution in [0.15, 0.2) is 30.2 Å². The van der Waals surface area contributed by atoms with Gasteiger partial charge in [-0.05, 0) is 18.2 Å². The molecule has 0 saturated heterocycles. The molecule has 1 aliphatic heterocycles. The summed E-state index contributed by atoms with van der Waals surface area (Å²) >= 11 is 0. The van der Waals surface area contributed by atoms with E-state index in [0.717, 1.165) is 6.42 Å². The third-order valence-electron chi connectivity index (χ3n) is 2.16. The van der Waals surface area contributed by atoms with Crippen LogP contribution in [0.1, 0.15) is 27.3 Å². The fourth-order valence-electron chi connectivity index (χ4n) is 1.32. The number of carbonyl (C=O) groups is 3. The molecule has 1 aromatic heterocycles. The first-order valence-corrected chi connectivity index (χ1v) is 5.41. The zero-order valence-corrected chi connectivity index (χ0v) is 10.1. The van der Waals surface area contributed by atoms with Gasteiger partial charge in [0.1, 0.15) is 0 Å². The molecule has 0 radical (unpaired) electrons. The average Bonchev–Trinajstić information content (AvgIpc) is 2.93. The van der Waals surface area contributed by atoms with Crippen molar-refractivity contribution in [2.45, 2.75) is 6.42 Å². The Morgan fingerprint density at radius 2 is 1.80 bits per heavy atom. The van der Waals surface area contributed by atoms with Gasteiger partial charge < -0.3 is 20.1 Å². The predicted molar refractivity (Wildman–Crippen MR) is 64.4 cm³/mol. The van der Waals surface area contributed by atoms with Crippen LogP contribution in [0, 0.1) is 0 Å². The number of nitrogens with zero attached hydrogens (tertiary/aromatic N) is 1. The van der Waals surface area contributed by atoms with Crippen LogP contribution in [-0.2, 0) is 9.53 Å². The molecule has 8 nitrogen and oxygen atoms in total. The summed E-state index contributed by atoms with van der Waals surface area (Å²) in [5.74, 6) is -3.51. The maximum Gasteiger partial charge on any atom is 0.370 e. The Hall–Kier alpha value is -2.90. The number of aromatic carboxylic acids is 2. The van der Waals surface area contributed by atoms with Gasteiger partial charge in [-0.3, -0.25) is 0 Å². The van der Waals surface area contributed by atoms with E-state index in [9.17, 15) is 14.4 Å². The SMILES string of the molecule is O=C(O)C1=CCCO1.O=C(O)c1cccnc1C(=O)O. The molecule has 0 aliphatic carbocycles. The van der Waals surface area contributed by atoms with Gasteiger partial charge in [0, 0.05) is 12.6 Å². The fourth-order valence-corrected chi connectivity index (χ4v) is 1.32. The zero-order chi connectivity index (χ0) is 15.1. The van der Waals surface area contributed by atoms with Crippen LogP contribution in [0.2, 0.25) is 0 Å². The number of carboxylic acids is 3. The number of aromatic nitrogens is 1. The number of pyridine rings is 1. The molecule has 20 heavy (non-hydrogen) atoms. The Morgan fingerprint density at radius 3 is 2.15 bits per heavy atom. The van der Waals surface area contributed by atoms with Crippen molar-refractivity contribution in [2.24, 2.45) is 0 Å². The van der Waals surface area contributed by atoms with Crippen LogP contribution in [-0.4, -0.2) is 44.8 Å². The summed E-state index contributed by atoms with van der Waals surface area (Å²) in [6, 6.07) is 2.56. The lowest BCUT2D eigenvalue weighted by molar-refractivity contribution is -0.136. The van der Waals surface area contributed by atoms with E-state index in [1.807, 2.05) is 0 Å². The monoisotopic (exact) mass is 281 g/mol. The molecule has 3 N–H and O–H groups in total. The second-order valence-electron chi connectivity index (χ2n) is 3.52. The van der Waals surface area contributed by atoms with E-state index in [1.54, 1.807) is 6.08 Å². The molecule has 1 aliphatic rings. The molecule has 0 aromatic carbocycles. The first-order valence-electron chi connectivity index (χ1n) is 5.41. The second-order valence-corrected chi connectivity index (χ2v) is 3.52. The molecule has 2 rings (SSSR count). The van der Waals surface area contributed by atoms with E-state index in [1.165, 1.54) is 18.3 Å². The molecule has 0 bridgehead atoms. The minimum Gasteiger partial charge on any atom is -0.486 e. The largest absolute Gasteiger partial charge is 0.486 e. The summed E-state index contributed by atoms with van der Waals surface area (Å²) in [7, 11) is 0. The van der Waals surface area contributed by atoms with E-state index >= 15 is 0 Å². The van der Waals surface area contributed by atoms with Crippen molar-refractivity contribution >= 4 is 17.9 Å². The van der Waals surface area contributed by atoms with Crippen molar-refractivity contribution in [3.05, 3.63) is 41.4 Å². The van der Waals surface area contributed by atoms with E-state index in [2.05, 4.69) is 9.72 Å². The highest BCUT2D eigenvalue weighted by Crippen LogP contribution is 2.07. The van der Waals surface area contributed by atoms with Gasteiger partial charge in [0.15, 0.2) is 5.69 Å². The Kier molecular flexibility index (Phi) is 5.21. The molecular formula is C12H11NO7. The van der Waals surface area contributed by atoms with Gasteiger partial charge in [-0.25, -0.2) is 19.4 Å². The molecule has 8 heteroatoms. The minimum absolute atomic E-state index is 0.0880. The highest BCUT2D eigenvalue weighted by molar-refractivity contribution is 6.00. The molecule has 1 aromatic rings. The topological polar surface area (TPSA) is 134 Å². The summed E-state index contributed by atoms with van der Waals surface area (Å²) in [6.45, 7) is 0.516. The normalized spacial score (nSPS) is 12.5. The lowest BCUT2D eigenvalue weighted by atomic mass is 10.2. The number of hydrogen-bond acceptors (Lipinski definition) is 5. The number of ether oxygens (including phenoxy) is 1. The van der Waals surface area contributed by atoms with Crippen molar-refractivity contribution < 1.29 is 34.4 Å². The minimum atomic E-state index is -1.34. The highest BCUT2D eigenvalue weighted by Gasteiger charge is 2.15. The summed E-state index contributed by atoms with van der Waals surface area (Å²) in [4.78, 5) is 34.3. The van der Waals surface area contributed by atoms with Crippen molar-refractivity contribution in [2.75, 3.05) is 6.61 Å². The van der Waals surface area contributed by atoms with Crippen LogP contribution < -0.4 is 0 Å². The zero-order valence-electron chi connectivity index (χ0n) is 10.1. The van der Waals surface area contributed by atoms with Crippen molar-refractivity contribution in [1.82, 2.24) is 4.98 Å². The number of rotatable bonds is 3. The summed E-state index contributed by atoms with van der Waals surface area (Å²) in [6.07, 6.45) is 3.53. The molecule has 0 saturated carbocycles. The van der Waals surface area contributed by atoms with E-state index in [0.29, 0.717) is 6.61 Å². The number of aliphatic carboxylic acids is 1. The molecule has 2 heterocycles. The number of hydrogen-bond donors (Lipinski definition) is 3. The standard InChI is InChI=1S/C7H5NO4.C5H6O3/c9-6(10)4-2-1-3-8-5(4)7(11)12;6-5(7)4-2-1-3-8-4/h1-3H,(H,9,10)(H,11,12);2H,1,3H2,(H,6,7). The van der Waals surface area contributed by atoms with Gasteiger partial charge in [-0.1, -0.05) is 0 Å². The van der Waals surface area contributed by atoms with Gasteiger partial charge in [0.2, 0.25) is 5.76 Å². The summed E-state index contributed by atoms with van der Waals surface area (Å²) in [5.41, 5.74) is -0.741. The fraction of sp³-hybridized carbons (Fsp3) is 0.167. The maximum absolute atomic E-state index is 10.4. The molecular weight excluding hydrogens is 270 g/mol. The van der Waals surface area contributed by atoms with E-state index in [4.69, 9.17) is 15.3 Å². The first-order chi connectivity index (χ1) is 9.43. The quantitative estimate of drug-likeness (QED) is 0.742. The summed E-state index contributed by atoms with van der Waals surface area (Å²) in [5, 5.41) is 25.2. The van der Waals surface area contributed by atoms with Crippen molar-refractivity contribution in [3.63, 3.8) is 0 Å². The predicted octanol–water partition coefficient (Wildman–Crippen LogP) is 0.853. The summed E-state index contributed by atoms with van der Waals surface area (Å²) < 4.78 is 4.68. The average molecular weight is 281 g/mol. The van der Waals surface area contributed by atoms with Gasteiger partial charge in [0.05, 0.1) is 12.2 Å². The smallest absolute Gasteiger partial charge is 0.370 e. The number of carboxylic acid groups (broad SMARTS) is 3. The molecule has 0 unspecified atom stereocenters. The molecule has 106 valence electrons. The van der Waals surface area contributed by atoms with Crippen LogP contribution >= 0.6 is 0 Å².